The molecule has 0 atom stereocenters. The third-order valence-electron chi connectivity index (χ3n) is 3.82. The van der Waals surface area contributed by atoms with Crippen molar-refractivity contribution < 1.29 is 4.74 Å². The molecular weight excluding hydrogens is 232 g/mol. The van der Waals surface area contributed by atoms with Crippen LogP contribution in [-0.2, 0) is 4.74 Å². The Morgan fingerprint density at radius 3 is 2.71 bits per heavy atom. The third-order valence-corrected chi connectivity index (χ3v) is 5.03. The maximum atomic E-state index is 5.39. The lowest BCUT2D eigenvalue weighted by Gasteiger charge is -2.32. The van der Waals surface area contributed by atoms with E-state index in [0.29, 0.717) is 5.54 Å². The van der Waals surface area contributed by atoms with Crippen molar-refractivity contribution in [2.45, 2.75) is 57.1 Å². The molecule has 4 heteroatoms. The summed E-state index contributed by atoms with van der Waals surface area (Å²) in [5.41, 5.74) is 0.205. The summed E-state index contributed by atoms with van der Waals surface area (Å²) in [6.07, 6.45) is 6.76. The summed E-state index contributed by atoms with van der Waals surface area (Å²) in [6.45, 7) is 4.88. The Hall–Kier alpha value is -0.220. The minimum atomic E-state index is -0.155. The van der Waals surface area contributed by atoms with E-state index in [2.05, 4.69) is 24.2 Å². The first kappa shape index (κ1) is 13.2. The summed E-state index contributed by atoms with van der Waals surface area (Å²) in [7, 11) is 1.75. The summed E-state index contributed by atoms with van der Waals surface area (Å²) >= 11 is 1.88. The van der Waals surface area contributed by atoms with Crippen molar-refractivity contribution in [2.24, 2.45) is 4.99 Å². The minimum absolute atomic E-state index is 0.155. The summed E-state index contributed by atoms with van der Waals surface area (Å²) in [5, 5.41) is 4.78. The topological polar surface area (TPSA) is 33.6 Å². The molecule has 0 unspecified atom stereocenters. The predicted octanol–water partition coefficient (Wildman–Crippen LogP) is 2.81. The van der Waals surface area contributed by atoms with Crippen molar-refractivity contribution in [1.82, 2.24) is 5.32 Å². The van der Waals surface area contributed by atoms with Crippen LogP contribution in [0.3, 0.4) is 0 Å². The van der Waals surface area contributed by atoms with Gasteiger partial charge in [0.15, 0.2) is 5.17 Å². The Kier molecular flexibility index (Phi) is 4.03. The zero-order chi connectivity index (χ0) is 12.4. The van der Waals surface area contributed by atoms with Crippen molar-refractivity contribution in [2.75, 3.05) is 19.4 Å². The summed E-state index contributed by atoms with van der Waals surface area (Å²) in [6, 6.07) is 0. The Labute approximate surface area is 109 Å². The summed E-state index contributed by atoms with van der Waals surface area (Å²) in [4.78, 5) is 4.66. The first-order valence-corrected chi connectivity index (χ1v) is 7.54. The van der Waals surface area contributed by atoms with E-state index in [1.54, 1.807) is 7.11 Å². The first-order valence-electron chi connectivity index (χ1n) is 6.56. The minimum Gasteiger partial charge on any atom is -0.377 e. The average molecular weight is 256 g/mol. The second kappa shape index (κ2) is 5.19. The van der Waals surface area contributed by atoms with Crippen molar-refractivity contribution in [3.8, 4) is 0 Å². The van der Waals surface area contributed by atoms with Gasteiger partial charge in [0.25, 0.3) is 0 Å². The fourth-order valence-corrected chi connectivity index (χ4v) is 3.63. The van der Waals surface area contributed by atoms with Gasteiger partial charge in [-0.3, -0.25) is 4.99 Å². The number of aliphatic imine (C=N–C) groups is 1. The van der Waals surface area contributed by atoms with Gasteiger partial charge in [0.1, 0.15) is 0 Å². The van der Waals surface area contributed by atoms with Gasteiger partial charge in [-0.15, -0.1) is 0 Å². The van der Waals surface area contributed by atoms with E-state index >= 15 is 0 Å². The number of hydrogen-bond donors (Lipinski definition) is 1. The van der Waals surface area contributed by atoms with Gasteiger partial charge in [-0.25, -0.2) is 0 Å². The van der Waals surface area contributed by atoms with E-state index < -0.39 is 0 Å². The molecule has 3 nitrogen and oxygen atoms in total. The number of rotatable bonds is 3. The second-order valence-corrected chi connectivity index (χ2v) is 6.80. The van der Waals surface area contributed by atoms with Crippen LogP contribution in [0, 0.1) is 0 Å². The van der Waals surface area contributed by atoms with Crippen molar-refractivity contribution in [3.05, 3.63) is 0 Å². The maximum Gasteiger partial charge on any atom is 0.157 e. The van der Waals surface area contributed by atoms with Crippen LogP contribution in [-0.4, -0.2) is 35.7 Å². The summed E-state index contributed by atoms with van der Waals surface area (Å²) < 4.78 is 5.39. The van der Waals surface area contributed by atoms with E-state index in [9.17, 15) is 0 Å². The molecule has 1 saturated carbocycles. The Morgan fingerprint density at radius 2 is 2.06 bits per heavy atom. The predicted molar refractivity (Wildman–Crippen MR) is 74.8 cm³/mol. The molecule has 17 heavy (non-hydrogen) atoms. The number of methoxy groups -OCH3 is 1. The standard InChI is InChI=1S/C13H24N2OS/c1-12(2,16-3)9-14-11-15-13(10-17-11)7-5-4-6-8-13/h4-10H2,1-3H3,(H,14,15). The molecule has 1 aliphatic carbocycles. The van der Waals surface area contributed by atoms with Crippen LogP contribution in [0.1, 0.15) is 46.0 Å². The molecule has 1 spiro atoms. The SMILES string of the molecule is COC(C)(C)CN=C1NC2(CCCCC2)CS1. The zero-order valence-electron chi connectivity index (χ0n) is 11.2. The van der Waals surface area contributed by atoms with Gasteiger partial charge in [-0.1, -0.05) is 31.0 Å². The van der Waals surface area contributed by atoms with Gasteiger partial charge in [0.05, 0.1) is 12.1 Å². The smallest absolute Gasteiger partial charge is 0.157 e. The van der Waals surface area contributed by atoms with Crippen LogP contribution in [0.4, 0.5) is 0 Å². The zero-order valence-corrected chi connectivity index (χ0v) is 12.0. The normalized spacial score (nSPS) is 26.4. The molecule has 1 N–H and O–H groups in total. The number of thioether (sulfide) groups is 1. The molecule has 2 fully saturated rings. The Bertz CT molecular complexity index is 296. The van der Waals surface area contributed by atoms with Gasteiger partial charge in [-0.05, 0) is 26.7 Å². The molecule has 1 saturated heterocycles. The number of hydrogen-bond acceptors (Lipinski definition) is 3. The highest BCUT2D eigenvalue weighted by Crippen LogP contribution is 2.36. The van der Waals surface area contributed by atoms with Crippen LogP contribution in [0.5, 0.6) is 0 Å². The average Bonchev–Trinajstić information content (AvgIpc) is 2.71. The van der Waals surface area contributed by atoms with Crippen LogP contribution in [0.25, 0.3) is 0 Å². The highest BCUT2D eigenvalue weighted by atomic mass is 32.2. The second-order valence-electron chi connectivity index (χ2n) is 5.84. The fourth-order valence-electron chi connectivity index (χ4n) is 2.42. The molecule has 0 bridgehead atoms. The molecule has 0 radical (unpaired) electrons. The van der Waals surface area contributed by atoms with Gasteiger partial charge in [-0.2, -0.15) is 0 Å². The van der Waals surface area contributed by atoms with Crippen molar-refractivity contribution >= 4 is 16.9 Å². The van der Waals surface area contributed by atoms with Crippen molar-refractivity contribution in [1.29, 1.82) is 0 Å². The van der Waals surface area contributed by atoms with Gasteiger partial charge < -0.3 is 10.1 Å². The molecule has 0 aromatic rings. The van der Waals surface area contributed by atoms with Crippen LogP contribution in [0.15, 0.2) is 4.99 Å². The molecule has 1 heterocycles. The molecule has 0 aromatic heterocycles. The molecule has 98 valence electrons. The van der Waals surface area contributed by atoms with Gasteiger partial charge in [0, 0.05) is 18.4 Å². The van der Waals surface area contributed by atoms with E-state index in [0.717, 1.165) is 11.7 Å². The maximum absolute atomic E-state index is 5.39. The van der Waals surface area contributed by atoms with Crippen LogP contribution < -0.4 is 5.32 Å². The molecule has 2 rings (SSSR count). The van der Waals surface area contributed by atoms with Crippen LogP contribution >= 0.6 is 11.8 Å². The number of amidine groups is 1. The van der Waals surface area contributed by atoms with Gasteiger partial charge in [0.2, 0.25) is 0 Å². The van der Waals surface area contributed by atoms with E-state index in [-0.39, 0.29) is 5.60 Å². The number of nitrogens with one attached hydrogen (secondary N) is 1. The molecule has 0 aromatic carbocycles. The lowest BCUT2D eigenvalue weighted by Crippen LogP contribution is -2.45. The van der Waals surface area contributed by atoms with Crippen LogP contribution in [0.2, 0.25) is 0 Å². The monoisotopic (exact) mass is 256 g/mol. The van der Waals surface area contributed by atoms with E-state index in [1.807, 2.05) is 11.8 Å². The molecular formula is C13H24N2OS. The van der Waals surface area contributed by atoms with E-state index in [4.69, 9.17) is 4.74 Å². The number of nitrogens with zero attached hydrogens (tertiary/aromatic N) is 1. The Morgan fingerprint density at radius 1 is 1.35 bits per heavy atom. The van der Waals surface area contributed by atoms with Gasteiger partial charge >= 0.3 is 0 Å². The lowest BCUT2D eigenvalue weighted by atomic mass is 9.83. The quantitative estimate of drug-likeness (QED) is 0.843. The third kappa shape index (κ3) is 3.38. The number of ether oxygens (including phenoxy) is 1. The van der Waals surface area contributed by atoms with E-state index in [1.165, 1.54) is 37.9 Å². The lowest BCUT2D eigenvalue weighted by molar-refractivity contribution is 0.0312. The molecule has 1 aliphatic heterocycles. The molecule has 2 aliphatic rings. The summed E-state index contributed by atoms with van der Waals surface area (Å²) in [5.74, 6) is 1.19. The fraction of sp³-hybridized carbons (Fsp3) is 0.923. The Balaban J connectivity index is 1.90. The first-order chi connectivity index (χ1) is 8.05. The van der Waals surface area contributed by atoms with Crippen molar-refractivity contribution in [3.63, 3.8) is 0 Å². The highest BCUT2D eigenvalue weighted by molar-refractivity contribution is 8.14. The molecule has 0 amide bonds. The largest absolute Gasteiger partial charge is 0.377 e. The highest BCUT2D eigenvalue weighted by Gasteiger charge is 2.38.